The summed E-state index contributed by atoms with van der Waals surface area (Å²) in [7, 11) is 0. The standard InChI is InChI=1S/C8H5Cl2F3/c9-6-2-1-5(7(10)3-6)4-8(11,12)13/h1-3H,4H2. The lowest BCUT2D eigenvalue weighted by molar-refractivity contribution is -0.127. The Kier molecular flexibility index (Phi) is 3.09. The van der Waals surface area contributed by atoms with Crippen molar-refractivity contribution in [3.05, 3.63) is 33.8 Å². The monoisotopic (exact) mass is 228 g/mol. The van der Waals surface area contributed by atoms with Crippen LogP contribution in [0.2, 0.25) is 10.0 Å². The Hall–Kier alpha value is -0.410. The molecule has 0 amide bonds. The van der Waals surface area contributed by atoms with Gasteiger partial charge in [-0.25, -0.2) is 0 Å². The van der Waals surface area contributed by atoms with Crippen LogP contribution in [0.1, 0.15) is 5.56 Å². The summed E-state index contributed by atoms with van der Waals surface area (Å²) < 4.78 is 35.8. The highest BCUT2D eigenvalue weighted by Gasteiger charge is 2.28. The maximum absolute atomic E-state index is 11.9. The summed E-state index contributed by atoms with van der Waals surface area (Å²) in [6.07, 6.45) is -5.26. The summed E-state index contributed by atoms with van der Waals surface area (Å²) in [6.45, 7) is 0. The Bertz CT molecular complexity index is 307. The number of alkyl halides is 3. The van der Waals surface area contributed by atoms with E-state index >= 15 is 0 Å². The molecule has 0 saturated carbocycles. The summed E-state index contributed by atoms with van der Waals surface area (Å²) in [6, 6.07) is 3.96. The van der Waals surface area contributed by atoms with E-state index in [0.717, 1.165) is 0 Å². The molecule has 0 N–H and O–H groups in total. The molecule has 13 heavy (non-hydrogen) atoms. The first kappa shape index (κ1) is 10.7. The predicted molar refractivity (Wildman–Crippen MR) is 46.2 cm³/mol. The third-order valence-electron chi connectivity index (χ3n) is 1.41. The van der Waals surface area contributed by atoms with E-state index in [2.05, 4.69) is 0 Å². The number of hydrogen-bond donors (Lipinski definition) is 0. The van der Waals surface area contributed by atoms with E-state index in [0.29, 0.717) is 5.02 Å². The van der Waals surface area contributed by atoms with Crippen LogP contribution in [0.4, 0.5) is 13.2 Å². The highest BCUT2D eigenvalue weighted by molar-refractivity contribution is 6.35. The molecule has 0 fully saturated rings. The third kappa shape index (κ3) is 3.44. The van der Waals surface area contributed by atoms with Crippen LogP contribution < -0.4 is 0 Å². The number of benzene rings is 1. The van der Waals surface area contributed by atoms with Gasteiger partial charge in [-0.2, -0.15) is 13.2 Å². The summed E-state index contributed by atoms with van der Waals surface area (Å²) in [5.41, 5.74) is 0.0403. The van der Waals surface area contributed by atoms with Crippen LogP contribution in [0.15, 0.2) is 18.2 Å². The minimum Gasteiger partial charge on any atom is -0.171 e. The molecule has 0 aromatic heterocycles. The van der Waals surface area contributed by atoms with Gasteiger partial charge in [-0.1, -0.05) is 29.3 Å². The van der Waals surface area contributed by atoms with Crippen LogP contribution in [0.3, 0.4) is 0 Å². The molecule has 0 aliphatic rings. The van der Waals surface area contributed by atoms with E-state index < -0.39 is 12.6 Å². The van der Waals surface area contributed by atoms with Crippen LogP contribution in [-0.4, -0.2) is 6.18 Å². The first-order valence-corrected chi connectivity index (χ1v) is 4.15. The van der Waals surface area contributed by atoms with Crippen LogP contribution >= 0.6 is 23.2 Å². The Morgan fingerprint density at radius 1 is 1.15 bits per heavy atom. The largest absolute Gasteiger partial charge is 0.393 e. The first-order valence-electron chi connectivity index (χ1n) is 3.39. The average molecular weight is 229 g/mol. The second-order valence-corrected chi connectivity index (χ2v) is 3.37. The number of rotatable bonds is 1. The molecule has 0 bridgehead atoms. The van der Waals surface area contributed by atoms with Gasteiger partial charge < -0.3 is 0 Å². The molecule has 0 saturated heterocycles. The minimum atomic E-state index is -4.24. The Labute approximate surface area is 83.3 Å². The molecule has 1 rings (SSSR count). The minimum absolute atomic E-state index is 0.0403. The van der Waals surface area contributed by atoms with Crippen LogP contribution in [-0.2, 0) is 6.42 Å². The fourth-order valence-electron chi connectivity index (χ4n) is 0.881. The lowest BCUT2D eigenvalue weighted by atomic mass is 10.1. The molecule has 1 aromatic carbocycles. The van der Waals surface area contributed by atoms with Gasteiger partial charge in [0.15, 0.2) is 0 Å². The topological polar surface area (TPSA) is 0 Å². The van der Waals surface area contributed by atoms with Gasteiger partial charge in [-0.3, -0.25) is 0 Å². The normalized spacial score (nSPS) is 11.8. The number of halogens is 5. The van der Waals surface area contributed by atoms with Gasteiger partial charge in [-0.05, 0) is 17.7 Å². The second kappa shape index (κ2) is 3.76. The van der Waals surface area contributed by atoms with Crippen molar-refractivity contribution in [2.45, 2.75) is 12.6 Å². The lowest BCUT2D eigenvalue weighted by Crippen LogP contribution is -2.11. The zero-order chi connectivity index (χ0) is 10.1. The van der Waals surface area contributed by atoms with Crippen molar-refractivity contribution in [3.63, 3.8) is 0 Å². The van der Waals surface area contributed by atoms with Crippen molar-refractivity contribution in [1.82, 2.24) is 0 Å². The molecule has 0 nitrogen and oxygen atoms in total. The van der Waals surface area contributed by atoms with Crippen molar-refractivity contribution in [2.75, 3.05) is 0 Å². The van der Waals surface area contributed by atoms with Crippen LogP contribution in [0.25, 0.3) is 0 Å². The smallest absolute Gasteiger partial charge is 0.171 e. The van der Waals surface area contributed by atoms with Crippen molar-refractivity contribution in [3.8, 4) is 0 Å². The van der Waals surface area contributed by atoms with Crippen molar-refractivity contribution < 1.29 is 13.2 Å². The van der Waals surface area contributed by atoms with Gasteiger partial charge in [0.25, 0.3) is 0 Å². The van der Waals surface area contributed by atoms with E-state index in [1.54, 1.807) is 0 Å². The molecule has 0 radical (unpaired) electrons. The predicted octanol–water partition coefficient (Wildman–Crippen LogP) is 4.10. The van der Waals surface area contributed by atoms with Crippen molar-refractivity contribution >= 4 is 23.2 Å². The van der Waals surface area contributed by atoms with E-state index in [9.17, 15) is 13.2 Å². The van der Waals surface area contributed by atoms with Gasteiger partial charge >= 0.3 is 6.18 Å². The van der Waals surface area contributed by atoms with Gasteiger partial charge in [0.2, 0.25) is 0 Å². The SMILES string of the molecule is FC(F)(F)Cc1ccc(Cl)cc1Cl. The van der Waals surface area contributed by atoms with Gasteiger partial charge in [0, 0.05) is 10.0 Å². The lowest BCUT2D eigenvalue weighted by Gasteiger charge is -2.07. The molecule has 0 aliphatic carbocycles. The Morgan fingerprint density at radius 2 is 1.77 bits per heavy atom. The Morgan fingerprint density at radius 3 is 2.23 bits per heavy atom. The molecule has 0 heterocycles. The summed E-state index contributed by atoms with van der Waals surface area (Å²) in [4.78, 5) is 0. The maximum Gasteiger partial charge on any atom is 0.393 e. The number of hydrogen-bond acceptors (Lipinski definition) is 0. The van der Waals surface area contributed by atoms with Gasteiger partial charge in [0.05, 0.1) is 6.42 Å². The van der Waals surface area contributed by atoms with Crippen LogP contribution in [0, 0.1) is 0 Å². The third-order valence-corrected chi connectivity index (χ3v) is 1.99. The van der Waals surface area contributed by atoms with Crippen molar-refractivity contribution in [2.24, 2.45) is 0 Å². The highest BCUT2D eigenvalue weighted by atomic mass is 35.5. The first-order chi connectivity index (χ1) is 5.88. The highest BCUT2D eigenvalue weighted by Crippen LogP contribution is 2.27. The molecule has 0 unspecified atom stereocenters. The zero-order valence-corrected chi connectivity index (χ0v) is 7.84. The van der Waals surface area contributed by atoms with Crippen molar-refractivity contribution in [1.29, 1.82) is 0 Å². The average Bonchev–Trinajstić information content (AvgIpc) is 1.93. The fraction of sp³-hybridized carbons (Fsp3) is 0.250. The summed E-state index contributed by atoms with van der Waals surface area (Å²) in [5.74, 6) is 0. The van der Waals surface area contributed by atoms with Crippen LogP contribution in [0.5, 0.6) is 0 Å². The summed E-state index contributed by atoms with van der Waals surface area (Å²) >= 11 is 11.1. The molecule has 72 valence electrons. The fourth-order valence-corrected chi connectivity index (χ4v) is 1.36. The second-order valence-electron chi connectivity index (χ2n) is 2.53. The quantitative estimate of drug-likeness (QED) is 0.679. The molecule has 0 aliphatic heterocycles. The Balaban J connectivity index is 2.90. The molecule has 0 spiro atoms. The maximum atomic E-state index is 11.9. The van der Waals surface area contributed by atoms with E-state index in [1.807, 2.05) is 0 Å². The zero-order valence-electron chi connectivity index (χ0n) is 6.33. The van der Waals surface area contributed by atoms with E-state index in [-0.39, 0.29) is 10.6 Å². The molecular formula is C8H5Cl2F3. The van der Waals surface area contributed by atoms with E-state index in [4.69, 9.17) is 23.2 Å². The van der Waals surface area contributed by atoms with E-state index in [1.165, 1.54) is 18.2 Å². The molecular weight excluding hydrogens is 224 g/mol. The summed E-state index contributed by atoms with van der Waals surface area (Å²) in [5, 5.41) is 0.376. The molecule has 1 aromatic rings. The molecule has 5 heteroatoms. The van der Waals surface area contributed by atoms with Gasteiger partial charge in [-0.15, -0.1) is 0 Å². The van der Waals surface area contributed by atoms with Gasteiger partial charge in [0.1, 0.15) is 0 Å². The molecule has 0 atom stereocenters.